The summed E-state index contributed by atoms with van der Waals surface area (Å²) < 4.78 is 6.26. The molecule has 1 unspecified atom stereocenters. The molecule has 25 heavy (non-hydrogen) atoms. The maximum absolute atomic E-state index is 6.26. The number of nitrogens with zero attached hydrogens (tertiary/aromatic N) is 1. The molecular weight excluding hydrogens is 306 g/mol. The van der Waals surface area contributed by atoms with Crippen molar-refractivity contribution >= 4 is 17.7 Å². The van der Waals surface area contributed by atoms with Gasteiger partial charge in [0.25, 0.3) is 0 Å². The highest BCUT2D eigenvalue weighted by Crippen LogP contribution is 2.31. The van der Waals surface area contributed by atoms with Crippen molar-refractivity contribution in [2.24, 2.45) is 4.99 Å². The predicted octanol–water partition coefficient (Wildman–Crippen LogP) is 5.74. The van der Waals surface area contributed by atoms with Gasteiger partial charge in [-0.3, -0.25) is 0 Å². The van der Waals surface area contributed by atoms with Crippen molar-refractivity contribution in [1.29, 1.82) is 0 Å². The van der Waals surface area contributed by atoms with Crippen LogP contribution >= 0.6 is 0 Å². The van der Waals surface area contributed by atoms with Crippen LogP contribution in [0, 0.1) is 0 Å². The summed E-state index contributed by atoms with van der Waals surface area (Å²) in [6.07, 6.45) is 4.76. The fourth-order valence-corrected chi connectivity index (χ4v) is 2.99. The molecule has 2 nitrogen and oxygen atoms in total. The van der Waals surface area contributed by atoms with E-state index < -0.39 is 0 Å². The molecule has 4 rings (SSSR count). The van der Waals surface area contributed by atoms with Crippen LogP contribution in [0.1, 0.15) is 22.8 Å². The molecule has 1 atom stereocenters. The molecule has 0 fully saturated rings. The lowest BCUT2D eigenvalue weighted by atomic mass is 10.0. The Hall–Kier alpha value is -3.13. The monoisotopic (exact) mass is 325 g/mol. The fraction of sp³-hybridized carbons (Fsp3) is 0.0870. The summed E-state index contributed by atoms with van der Waals surface area (Å²) in [5.74, 6) is 0.641. The number of para-hydroxylation sites is 1. The Morgan fingerprint density at radius 2 is 1.44 bits per heavy atom. The molecule has 0 aromatic heterocycles. The van der Waals surface area contributed by atoms with Gasteiger partial charge in [0.05, 0.1) is 5.69 Å². The van der Waals surface area contributed by atoms with Crippen molar-refractivity contribution in [3.8, 4) is 0 Å². The average molecular weight is 325 g/mol. The molecule has 3 aromatic rings. The topological polar surface area (TPSA) is 21.6 Å². The van der Waals surface area contributed by atoms with Gasteiger partial charge in [-0.2, -0.15) is 0 Å². The fourth-order valence-electron chi connectivity index (χ4n) is 2.99. The molecule has 0 saturated heterocycles. The van der Waals surface area contributed by atoms with Crippen LogP contribution < -0.4 is 0 Å². The molecule has 122 valence electrons. The Bertz CT molecular complexity index is 898. The first-order valence-electron chi connectivity index (χ1n) is 8.50. The Morgan fingerprint density at radius 3 is 2.24 bits per heavy atom. The molecule has 3 aromatic carbocycles. The lowest BCUT2D eigenvalue weighted by molar-refractivity contribution is 0.197. The van der Waals surface area contributed by atoms with E-state index >= 15 is 0 Å². The van der Waals surface area contributed by atoms with Gasteiger partial charge in [0, 0.05) is 12.5 Å². The maximum atomic E-state index is 6.26. The maximum Gasteiger partial charge on any atom is 0.214 e. The van der Waals surface area contributed by atoms with Crippen molar-refractivity contribution in [2.75, 3.05) is 0 Å². The van der Waals surface area contributed by atoms with Gasteiger partial charge in [0.15, 0.2) is 0 Å². The number of fused-ring (bicyclic) bond motifs is 1. The van der Waals surface area contributed by atoms with E-state index in [-0.39, 0.29) is 6.10 Å². The van der Waals surface area contributed by atoms with E-state index in [2.05, 4.69) is 36.4 Å². The van der Waals surface area contributed by atoms with Crippen LogP contribution in [0.15, 0.2) is 96.0 Å². The zero-order valence-electron chi connectivity index (χ0n) is 13.9. The van der Waals surface area contributed by atoms with Gasteiger partial charge < -0.3 is 4.74 Å². The molecule has 0 radical (unpaired) electrons. The number of hydrogen-bond acceptors (Lipinski definition) is 2. The summed E-state index contributed by atoms with van der Waals surface area (Å²) in [6.45, 7) is 0. The van der Waals surface area contributed by atoms with Crippen molar-refractivity contribution in [2.45, 2.75) is 12.5 Å². The van der Waals surface area contributed by atoms with E-state index in [1.54, 1.807) is 0 Å². The second-order valence-electron chi connectivity index (χ2n) is 6.04. The number of aliphatic imine (C=N–C) groups is 1. The standard InChI is InChI=1S/C23H19NO/c1-3-9-18(10-4-1)15-16-23-24-21-14-8-7-13-20(21)17-22(25-23)19-11-5-2-6-12-19/h1-16,22H,17H2/b16-15+. The summed E-state index contributed by atoms with van der Waals surface area (Å²) in [4.78, 5) is 4.74. The van der Waals surface area contributed by atoms with Crippen molar-refractivity contribution in [3.63, 3.8) is 0 Å². The number of rotatable bonds is 3. The predicted molar refractivity (Wildman–Crippen MR) is 103 cm³/mol. The highest BCUT2D eigenvalue weighted by atomic mass is 16.5. The molecule has 0 bridgehead atoms. The second-order valence-corrected chi connectivity index (χ2v) is 6.04. The van der Waals surface area contributed by atoms with Gasteiger partial charge in [-0.05, 0) is 28.8 Å². The van der Waals surface area contributed by atoms with Gasteiger partial charge in [0.1, 0.15) is 6.10 Å². The highest BCUT2D eigenvalue weighted by molar-refractivity contribution is 5.94. The van der Waals surface area contributed by atoms with E-state index in [4.69, 9.17) is 9.73 Å². The molecule has 0 amide bonds. The lowest BCUT2D eigenvalue weighted by Crippen LogP contribution is -2.10. The molecule has 0 aliphatic carbocycles. The summed E-state index contributed by atoms with van der Waals surface area (Å²) in [7, 11) is 0. The lowest BCUT2D eigenvalue weighted by Gasteiger charge is -2.17. The molecule has 1 aliphatic heterocycles. The van der Waals surface area contributed by atoms with Crippen LogP contribution in [0.3, 0.4) is 0 Å². The second kappa shape index (κ2) is 7.18. The molecule has 0 spiro atoms. The molecular formula is C23H19NO. The van der Waals surface area contributed by atoms with Crippen LogP contribution in [-0.2, 0) is 11.2 Å². The largest absolute Gasteiger partial charge is 0.469 e. The first kappa shape index (κ1) is 15.4. The quantitative estimate of drug-likeness (QED) is 0.601. The average Bonchev–Trinajstić information content (AvgIpc) is 2.87. The van der Waals surface area contributed by atoms with E-state index in [1.165, 1.54) is 11.1 Å². The van der Waals surface area contributed by atoms with E-state index in [1.807, 2.05) is 60.7 Å². The Morgan fingerprint density at radius 1 is 0.760 bits per heavy atom. The smallest absolute Gasteiger partial charge is 0.214 e. The first-order valence-corrected chi connectivity index (χ1v) is 8.50. The number of benzene rings is 3. The van der Waals surface area contributed by atoms with Crippen LogP contribution in [0.25, 0.3) is 6.08 Å². The Balaban J connectivity index is 1.69. The molecule has 2 heteroatoms. The third-order valence-electron chi connectivity index (χ3n) is 4.28. The summed E-state index contributed by atoms with van der Waals surface area (Å²) >= 11 is 0. The minimum atomic E-state index is -0.0379. The third-order valence-corrected chi connectivity index (χ3v) is 4.28. The number of hydrogen-bond donors (Lipinski definition) is 0. The van der Waals surface area contributed by atoms with Gasteiger partial charge in [-0.25, -0.2) is 4.99 Å². The van der Waals surface area contributed by atoms with Gasteiger partial charge in [0.2, 0.25) is 5.90 Å². The van der Waals surface area contributed by atoms with Crippen LogP contribution in [0.5, 0.6) is 0 Å². The zero-order chi connectivity index (χ0) is 16.9. The molecule has 1 aliphatic rings. The highest BCUT2D eigenvalue weighted by Gasteiger charge is 2.20. The number of ether oxygens (including phenoxy) is 1. The van der Waals surface area contributed by atoms with Crippen molar-refractivity contribution in [1.82, 2.24) is 0 Å². The van der Waals surface area contributed by atoms with E-state index in [9.17, 15) is 0 Å². The van der Waals surface area contributed by atoms with Gasteiger partial charge in [-0.1, -0.05) is 78.9 Å². The van der Waals surface area contributed by atoms with E-state index in [0.29, 0.717) is 5.90 Å². The summed E-state index contributed by atoms with van der Waals surface area (Å²) in [6, 6.07) is 28.8. The molecule has 0 saturated carbocycles. The zero-order valence-corrected chi connectivity index (χ0v) is 13.9. The molecule has 1 heterocycles. The van der Waals surface area contributed by atoms with Crippen LogP contribution in [0.4, 0.5) is 5.69 Å². The van der Waals surface area contributed by atoms with E-state index in [0.717, 1.165) is 17.7 Å². The minimum Gasteiger partial charge on any atom is -0.469 e. The van der Waals surface area contributed by atoms with Gasteiger partial charge in [-0.15, -0.1) is 0 Å². The molecule has 0 N–H and O–H groups in total. The Labute approximate surface area is 148 Å². The Kier molecular flexibility index (Phi) is 4.42. The SMILES string of the molecule is C(=C\c1ccccc1)/C1=Nc2ccccc2CC(c2ccccc2)O1. The summed E-state index contributed by atoms with van der Waals surface area (Å²) in [5, 5.41) is 0. The normalized spacial score (nSPS) is 16.6. The minimum absolute atomic E-state index is 0.0379. The third kappa shape index (κ3) is 3.69. The van der Waals surface area contributed by atoms with Crippen LogP contribution in [0.2, 0.25) is 0 Å². The van der Waals surface area contributed by atoms with Crippen molar-refractivity contribution in [3.05, 3.63) is 108 Å². The van der Waals surface area contributed by atoms with Gasteiger partial charge >= 0.3 is 0 Å². The first-order chi connectivity index (χ1) is 12.4. The summed E-state index contributed by atoms with van der Waals surface area (Å²) in [5.41, 5.74) is 4.48. The van der Waals surface area contributed by atoms with Crippen molar-refractivity contribution < 1.29 is 4.74 Å². The van der Waals surface area contributed by atoms with Crippen LogP contribution in [-0.4, -0.2) is 5.90 Å².